The van der Waals surface area contributed by atoms with Crippen molar-refractivity contribution >= 4 is 17.5 Å². The van der Waals surface area contributed by atoms with Crippen LogP contribution in [-0.2, 0) is 9.53 Å². The van der Waals surface area contributed by atoms with Gasteiger partial charge in [-0.1, -0.05) is 0 Å². The van der Waals surface area contributed by atoms with Crippen LogP contribution in [0.15, 0.2) is 24.3 Å². The summed E-state index contributed by atoms with van der Waals surface area (Å²) in [6.45, 7) is 3.45. The van der Waals surface area contributed by atoms with E-state index in [1.54, 1.807) is 29.2 Å². The summed E-state index contributed by atoms with van der Waals surface area (Å²) in [6, 6.07) is 6.11. The summed E-state index contributed by atoms with van der Waals surface area (Å²) in [6.07, 6.45) is 0. The first-order valence-corrected chi connectivity index (χ1v) is 6.65. The number of anilines is 1. The van der Waals surface area contributed by atoms with Gasteiger partial charge in [-0.05, 0) is 31.2 Å². The first-order chi connectivity index (χ1) is 9.63. The van der Waals surface area contributed by atoms with Crippen LogP contribution in [0, 0.1) is 0 Å². The molecular weight excluding hydrogens is 258 g/mol. The third-order valence-electron chi connectivity index (χ3n) is 3.20. The Morgan fingerprint density at radius 3 is 2.75 bits per heavy atom. The highest BCUT2D eigenvalue weighted by Crippen LogP contribution is 2.14. The maximum atomic E-state index is 12.5. The molecule has 108 valence electrons. The number of benzene rings is 1. The highest BCUT2D eigenvalue weighted by molar-refractivity contribution is 5.98. The molecule has 0 saturated carbocycles. The topological polar surface area (TPSA) is 84.7 Å². The minimum Gasteiger partial charge on any atom is -0.399 e. The number of nitrogens with two attached hydrogens (primary N) is 1. The highest BCUT2D eigenvalue weighted by atomic mass is 16.5. The Balaban J connectivity index is 2.16. The molecule has 1 heterocycles. The summed E-state index contributed by atoms with van der Waals surface area (Å²) in [4.78, 5) is 26.0. The van der Waals surface area contributed by atoms with Crippen LogP contribution in [0.5, 0.6) is 0 Å². The molecule has 1 aromatic rings. The van der Waals surface area contributed by atoms with E-state index in [-0.39, 0.29) is 18.4 Å². The van der Waals surface area contributed by atoms with Crippen LogP contribution < -0.4 is 11.1 Å². The Bertz CT molecular complexity index is 487. The zero-order valence-electron chi connectivity index (χ0n) is 11.5. The molecule has 1 aliphatic heterocycles. The van der Waals surface area contributed by atoms with Gasteiger partial charge in [0.2, 0.25) is 5.91 Å². The fourth-order valence-electron chi connectivity index (χ4n) is 2.15. The fourth-order valence-corrected chi connectivity index (χ4v) is 2.15. The van der Waals surface area contributed by atoms with E-state index in [2.05, 4.69) is 5.32 Å². The van der Waals surface area contributed by atoms with Gasteiger partial charge in [0, 0.05) is 24.3 Å². The van der Waals surface area contributed by atoms with E-state index in [0.717, 1.165) is 0 Å². The third kappa shape index (κ3) is 3.08. The predicted molar refractivity (Wildman–Crippen MR) is 75.2 cm³/mol. The number of hydrogen-bond donors (Lipinski definition) is 2. The molecule has 1 aliphatic rings. The standard InChI is InChI=1S/C14H19N3O3/c1-2-16-13(18)12-9-20-8-7-17(12)14(19)10-3-5-11(15)6-4-10/h3-6,12H,2,7-9,15H2,1H3,(H,16,18). The summed E-state index contributed by atoms with van der Waals surface area (Å²) in [7, 11) is 0. The molecule has 0 radical (unpaired) electrons. The van der Waals surface area contributed by atoms with Crippen LogP contribution in [0.1, 0.15) is 17.3 Å². The van der Waals surface area contributed by atoms with Crippen molar-refractivity contribution in [2.75, 3.05) is 32.0 Å². The van der Waals surface area contributed by atoms with Crippen molar-refractivity contribution in [2.45, 2.75) is 13.0 Å². The second-order valence-corrected chi connectivity index (χ2v) is 4.61. The summed E-state index contributed by atoms with van der Waals surface area (Å²) in [5, 5.41) is 2.73. The number of ether oxygens (including phenoxy) is 1. The van der Waals surface area contributed by atoms with E-state index in [4.69, 9.17) is 10.5 Å². The number of hydrogen-bond acceptors (Lipinski definition) is 4. The minimum absolute atomic E-state index is 0.176. The van der Waals surface area contributed by atoms with Crippen molar-refractivity contribution < 1.29 is 14.3 Å². The molecule has 3 N–H and O–H groups in total. The molecule has 6 nitrogen and oxygen atoms in total. The largest absolute Gasteiger partial charge is 0.399 e. The van der Waals surface area contributed by atoms with Gasteiger partial charge in [-0.3, -0.25) is 9.59 Å². The second kappa shape index (κ2) is 6.38. The van der Waals surface area contributed by atoms with Gasteiger partial charge in [-0.2, -0.15) is 0 Å². The Labute approximate surface area is 117 Å². The average Bonchev–Trinajstić information content (AvgIpc) is 2.47. The Kier molecular flexibility index (Phi) is 4.57. The predicted octanol–water partition coefficient (Wildman–Crippen LogP) is 0.246. The second-order valence-electron chi connectivity index (χ2n) is 4.61. The summed E-state index contributed by atoms with van der Waals surface area (Å²) >= 11 is 0. The number of morpholine rings is 1. The molecule has 1 atom stereocenters. The highest BCUT2D eigenvalue weighted by Gasteiger charge is 2.32. The van der Waals surface area contributed by atoms with Crippen LogP contribution >= 0.6 is 0 Å². The first kappa shape index (κ1) is 14.3. The van der Waals surface area contributed by atoms with Crippen LogP contribution in [-0.4, -0.2) is 49.1 Å². The molecule has 0 aliphatic carbocycles. The van der Waals surface area contributed by atoms with E-state index in [9.17, 15) is 9.59 Å². The lowest BCUT2D eigenvalue weighted by Gasteiger charge is -2.34. The van der Waals surface area contributed by atoms with E-state index < -0.39 is 6.04 Å². The maximum Gasteiger partial charge on any atom is 0.254 e. The first-order valence-electron chi connectivity index (χ1n) is 6.65. The fraction of sp³-hybridized carbons (Fsp3) is 0.429. The molecule has 1 aromatic carbocycles. The van der Waals surface area contributed by atoms with Crippen molar-refractivity contribution in [3.05, 3.63) is 29.8 Å². The molecule has 1 saturated heterocycles. The molecule has 0 spiro atoms. The van der Waals surface area contributed by atoms with Gasteiger partial charge in [0.1, 0.15) is 6.04 Å². The van der Waals surface area contributed by atoms with Gasteiger partial charge >= 0.3 is 0 Å². The van der Waals surface area contributed by atoms with Crippen molar-refractivity contribution in [1.29, 1.82) is 0 Å². The Morgan fingerprint density at radius 1 is 1.40 bits per heavy atom. The van der Waals surface area contributed by atoms with Crippen molar-refractivity contribution in [3.63, 3.8) is 0 Å². The van der Waals surface area contributed by atoms with Gasteiger partial charge in [-0.25, -0.2) is 0 Å². The molecule has 2 rings (SSSR count). The van der Waals surface area contributed by atoms with Gasteiger partial charge in [0.15, 0.2) is 0 Å². The lowest BCUT2D eigenvalue weighted by molar-refractivity contribution is -0.130. The van der Waals surface area contributed by atoms with E-state index >= 15 is 0 Å². The van der Waals surface area contributed by atoms with E-state index in [0.29, 0.717) is 30.9 Å². The lowest BCUT2D eigenvalue weighted by Crippen LogP contribution is -2.55. The van der Waals surface area contributed by atoms with Crippen LogP contribution in [0.3, 0.4) is 0 Å². The van der Waals surface area contributed by atoms with Gasteiger partial charge in [0.05, 0.1) is 13.2 Å². The van der Waals surface area contributed by atoms with Gasteiger partial charge in [0.25, 0.3) is 5.91 Å². The van der Waals surface area contributed by atoms with Crippen LogP contribution in [0.2, 0.25) is 0 Å². The SMILES string of the molecule is CCNC(=O)C1COCCN1C(=O)c1ccc(N)cc1. The number of nitrogen functional groups attached to an aromatic ring is 1. The normalized spacial score (nSPS) is 18.6. The summed E-state index contributed by atoms with van der Waals surface area (Å²) in [5.74, 6) is -0.361. The summed E-state index contributed by atoms with van der Waals surface area (Å²) < 4.78 is 5.31. The minimum atomic E-state index is -0.575. The van der Waals surface area contributed by atoms with Gasteiger partial charge in [-0.15, -0.1) is 0 Å². The number of carbonyl (C=O) groups is 2. The number of nitrogens with one attached hydrogen (secondary N) is 1. The zero-order chi connectivity index (χ0) is 14.5. The number of rotatable bonds is 3. The molecule has 2 amide bonds. The van der Waals surface area contributed by atoms with E-state index in [1.165, 1.54) is 0 Å². The van der Waals surface area contributed by atoms with Gasteiger partial charge < -0.3 is 20.7 Å². The van der Waals surface area contributed by atoms with Crippen LogP contribution in [0.4, 0.5) is 5.69 Å². The average molecular weight is 277 g/mol. The van der Waals surface area contributed by atoms with Crippen molar-refractivity contribution in [3.8, 4) is 0 Å². The number of amides is 2. The monoisotopic (exact) mass is 277 g/mol. The molecule has 0 aromatic heterocycles. The Morgan fingerprint density at radius 2 is 2.10 bits per heavy atom. The number of nitrogens with zero attached hydrogens (tertiary/aromatic N) is 1. The molecule has 1 unspecified atom stereocenters. The summed E-state index contributed by atoms with van der Waals surface area (Å²) in [5.41, 5.74) is 6.74. The zero-order valence-corrected chi connectivity index (χ0v) is 11.5. The molecular formula is C14H19N3O3. The Hall–Kier alpha value is -2.08. The smallest absolute Gasteiger partial charge is 0.254 e. The van der Waals surface area contributed by atoms with Crippen molar-refractivity contribution in [1.82, 2.24) is 10.2 Å². The number of likely N-dealkylation sites (N-methyl/N-ethyl adjacent to an activating group) is 1. The quantitative estimate of drug-likeness (QED) is 0.775. The molecule has 6 heteroatoms. The third-order valence-corrected chi connectivity index (χ3v) is 3.20. The van der Waals surface area contributed by atoms with E-state index in [1.807, 2.05) is 6.92 Å². The molecule has 1 fully saturated rings. The maximum absolute atomic E-state index is 12.5. The molecule has 20 heavy (non-hydrogen) atoms. The molecule has 0 bridgehead atoms. The van der Waals surface area contributed by atoms with Crippen molar-refractivity contribution in [2.24, 2.45) is 0 Å². The lowest BCUT2D eigenvalue weighted by atomic mass is 10.1. The van der Waals surface area contributed by atoms with Crippen LogP contribution in [0.25, 0.3) is 0 Å². The number of carbonyl (C=O) groups excluding carboxylic acids is 2.